The van der Waals surface area contributed by atoms with Crippen LogP contribution in [0.2, 0.25) is 10.0 Å². The van der Waals surface area contributed by atoms with Crippen molar-refractivity contribution in [1.29, 1.82) is 0 Å². The second kappa shape index (κ2) is 8.68. The smallest absolute Gasteiger partial charge is 0.261 e. The van der Waals surface area contributed by atoms with E-state index in [0.717, 1.165) is 9.13 Å². The van der Waals surface area contributed by atoms with Gasteiger partial charge in [0.2, 0.25) is 5.91 Å². The van der Waals surface area contributed by atoms with Gasteiger partial charge in [-0.3, -0.25) is 14.5 Å². The van der Waals surface area contributed by atoms with E-state index in [1.165, 1.54) is 11.0 Å². The molecule has 5 nitrogen and oxygen atoms in total. The molecule has 8 heteroatoms. The average molecular weight is 567 g/mol. The lowest BCUT2D eigenvalue weighted by Gasteiger charge is -2.33. The summed E-state index contributed by atoms with van der Waals surface area (Å²) in [6, 6.07) is 15.9. The first-order chi connectivity index (χ1) is 14.8. The minimum absolute atomic E-state index is 0.184. The lowest BCUT2D eigenvalue weighted by atomic mass is 9.91. The third kappa shape index (κ3) is 4.24. The Bertz CT molecular complexity index is 1180. The zero-order valence-corrected chi connectivity index (χ0v) is 19.9. The zero-order chi connectivity index (χ0) is 22.3. The lowest BCUT2D eigenvalue weighted by molar-refractivity contribution is -0.117. The van der Waals surface area contributed by atoms with Crippen molar-refractivity contribution in [3.63, 3.8) is 0 Å². The SMILES string of the molecule is CC(c1ccc(Cl)cc1)[C@H]1C(=O)Nc2ccc(I)cc2C(=O)N1c1ccc(Cl)cc1O. The summed E-state index contributed by atoms with van der Waals surface area (Å²) < 4.78 is 0.850. The van der Waals surface area contributed by atoms with Gasteiger partial charge < -0.3 is 10.4 Å². The van der Waals surface area contributed by atoms with Gasteiger partial charge in [0.05, 0.1) is 16.9 Å². The summed E-state index contributed by atoms with van der Waals surface area (Å²) in [6.07, 6.45) is 0. The van der Waals surface area contributed by atoms with Crippen molar-refractivity contribution < 1.29 is 14.7 Å². The first-order valence-corrected chi connectivity index (χ1v) is 11.3. The molecule has 2 amide bonds. The number of hydrogen-bond acceptors (Lipinski definition) is 3. The van der Waals surface area contributed by atoms with E-state index in [-0.39, 0.29) is 17.3 Å². The molecule has 3 aromatic carbocycles. The monoisotopic (exact) mass is 566 g/mol. The third-order valence-electron chi connectivity index (χ3n) is 5.30. The number of nitrogens with one attached hydrogen (secondary N) is 1. The molecule has 31 heavy (non-hydrogen) atoms. The highest BCUT2D eigenvalue weighted by Crippen LogP contribution is 2.39. The Labute approximate surface area is 203 Å². The molecule has 2 atom stereocenters. The molecule has 3 aromatic rings. The van der Waals surface area contributed by atoms with Crippen LogP contribution in [-0.4, -0.2) is 23.0 Å². The summed E-state index contributed by atoms with van der Waals surface area (Å²) in [5.41, 5.74) is 1.82. The molecule has 158 valence electrons. The molecular formula is C23H17Cl2IN2O3. The average Bonchev–Trinajstić information content (AvgIpc) is 2.83. The van der Waals surface area contributed by atoms with Gasteiger partial charge in [0.1, 0.15) is 11.8 Å². The highest BCUT2D eigenvalue weighted by molar-refractivity contribution is 14.1. The maximum absolute atomic E-state index is 13.7. The molecule has 0 fully saturated rings. The number of carbonyl (C=O) groups is 2. The minimum Gasteiger partial charge on any atom is -0.506 e. The summed E-state index contributed by atoms with van der Waals surface area (Å²) in [7, 11) is 0. The van der Waals surface area contributed by atoms with E-state index < -0.39 is 17.9 Å². The Balaban J connectivity index is 1.91. The summed E-state index contributed by atoms with van der Waals surface area (Å²) >= 11 is 14.1. The zero-order valence-electron chi connectivity index (χ0n) is 16.3. The topological polar surface area (TPSA) is 69.6 Å². The van der Waals surface area contributed by atoms with E-state index in [1.54, 1.807) is 36.4 Å². The van der Waals surface area contributed by atoms with Crippen molar-refractivity contribution in [2.24, 2.45) is 0 Å². The molecule has 0 aromatic heterocycles. The molecule has 0 spiro atoms. The summed E-state index contributed by atoms with van der Waals surface area (Å²) in [6.45, 7) is 1.86. The van der Waals surface area contributed by atoms with Crippen LogP contribution in [-0.2, 0) is 4.79 Å². The predicted molar refractivity (Wildman–Crippen MR) is 131 cm³/mol. The van der Waals surface area contributed by atoms with Crippen LogP contribution >= 0.6 is 45.8 Å². The number of amides is 2. The number of phenols is 1. The first-order valence-electron chi connectivity index (χ1n) is 9.44. The molecule has 0 bridgehead atoms. The number of rotatable bonds is 3. The van der Waals surface area contributed by atoms with Gasteiger partial charge in [0, 0.05) is 25.6 Å². The van der Waals surface area contributed by atoms with Crippen molar-refractivity contribution >= 4 is 69.0 Å². The lowest BCUT2D eigenvalue weighted by Crippen LogP contribution is -2.48. The van der Waals surface area contributed by atoms with Gasteiger partial charge in [-0.15, -0.1) is 0 Å². The van der Waals surface area contributed by atoms with Crippen LogP contribution in [0.25, 0.3) is 0 Å². The number of phenolic OH excluding ortho intramolecular Hbond substituents is 1. The predicted octanol–water partition coefficient (Wildman–Crippen LogP) is 6.07. The molecule has 1 heterocycles. The molecule has 0 radical (unpaired) electrons. The van der Waals surface area contributed by atoms with Gasteiger partial charge in [-0.2, -0.15) is 0 Å². The van der Waals surface area contributed by atoms with Gasteiger partial charge in [-0.25, -0.2) is 0 Å². The number of benzene rings is 3. The molecule has 1 unspecified atom stereocenters. The minimum atomic E-state index is -0.925. The fourth-order valence-electron chi connectivity index (χ4n) is 3.74. The molecule has 0 saturated carbocycles. The van der Waals surface area contributed by atoms with Crippen LogP contribution in [0, 0.1) is 3.57 Å². The Morgan fingerprint density at radius 2 is 1.68 bits per heavy atom. The van der Waals surface area contributed by atoms with Crippen LogP contribution in [0.3, 0.4) is 0 Å². The third-order valence-corrected chi connectivity index (χ3v) is 6.46. The molecule has 0 saturated heterocycles. The largest absolute Gasteiger partial charge is 0.506 e. The van der Waals surface area contributed by atoms with E-state index in [0.29, 0.717) is 21.3 Å². The van der Waals surface area contributed by atoms with Gasteiger partial charge in [-0.05, 0) is 70.6 Å². The van der Waals surface area contributed by atoms with Crippen molar-refractivity contribution in [2.45, 2.75) is 18.9 Å². The molecule has 2 N–H and O–H groups in total. The summed E-state index contributed by atoms with van der Waals surface area (Å²) in [4.78, 5) is 28.5. The van der Waals surface area contributed by atoms with Crippen LogP contribution in [0.4, 0.5) is 11.4 Å². The molecular weight excluding hydrogens is 550 g/mol. The fourth-order valence-corrected chi connectivity index (χ4v) is 4.52. The molecule has 0 aliphatic carbocycles. The second-order valence-electron chi connectivity index (χ2n) is 7.27. The highest BCUT2D eigenvalue weighted by atomic mass is 127. The molecule has 4 rings (SSSR count). The van der Waals surface area contributed by atoms with E-state index in [1.807, 2.05) is 25.1 Å². The Hall–Kier alpha value is -2.29. The number of aromatic hydroxyl groups is 1. The Morgan fingerprint density at radius 3 is 2.35 bits per heavy atom. The van der Waals surface area contributed by atoms with Gasteiger partial charge in [-0.1, -0.05) is 42.3 Å². The number of hydrogen-bond donors (Lipinski definition) is 2. The van der Waals surface area contributed by atoms with Gasteiger partial charge in [0.25, 0.3) is 5.91 Å². The number of fused-ring (bicyclic) bond motifs is 1. The van der Waals surface area contributed by atoms with Crippen molar-refractivity contribution in [3.05, 3.63) is 85.4 Å². The van der Waals surface area contributed by atoms with E-state index >= 15 is 0 Å². The number of anilines is 2. The molecule has 1 aliphatic heterocycles. The summed E-state index contributed by atoms with van der Waals surface area (Å²) in [5, 5.41) is 14.4. The van der Waals surface area contributed by atoms with E-state index in [2.05, 4.69) is 27.9 Å². The quantitative estimate of drug-likeness (QED) is 0.378. The highest BCUT2D eigenvalue weighted by Gasteiger charge is 2.41. The first kappa shape index (κ1) is 21.9. The number of nitrogens with zero attached hydrogens (tertiary/aromatic N) is 1. The normalized spacial score (nSPS) is 17.0. The van der Waals surface area contributed by atoms with Gasteiger partial charge in [0.15, 0.2) is 0 Å². The summed E-state index contributed by atoms with van der Waals surface area (Å²) in [5.74, 6) is -1.33. The van der Waals surface area contributed by atoms with Crippen LogP contribution in [0.15, 0.2) is 60.7 Å². The van der Waals surface area contributed by atoms with E-state index in [4.69, 9.17) is 23.2 Å². The van der Waals surface area contributed by atoms with Crippen molar-refractivity contribution in [2.75, 3.05) is 10.2 Å². The Morgan fingerprint density at radius 1 is 1.00 bits per heavy atom. The number of carbonyl (C=O) groups excluding carboxylic acids is 2. The van der Waals surface area contributed by atoms with Crippen molar-refractivity contribution in [1.82, 2.24) is 0 Å². The maximum atomic E-state index is 13.7. The fraction of sp³-hybridized carbons (Fsp3) is 0.130. The van der Waals surface area contributed by atoms with Crippen molar-refractivity contribution in [3.8, 4) is 5.75 Å². The maximum Gasteiger partial charge on any atom is 0.261 e. The molecule has 1 aliphatic rings. The van der Waals surface area contributed by atoms with Gasteiger partial charge >= 0.3 is 0 Å². The van der Waals surface area contributed by atoms with Crippen LogP contribution in [0.1, 0.15) is 28.8 Å². The van der Waals surface area contributed by atoms with Crippen LogP contribution < -0.4 is 10.2 Å². The number of halogens is 3. The second-order valence-corrected chi connectivity index (χ2v) is 9.39. The Kier molecular flexibility index (Phi) is 6.14. The standard InChI is InChI=1S/C23H17Cl2IN2O3/c1-12(13-2-4-14(24)5-3-13)21-22(30)27-18-8-7-16(26)11-17(18)23(31)28(21)19-9-6-15(25)10-20(19)29/h2-12,21,29H,1H3,(H,27,30)/t12?,21-/m0/s1. The van der Waals surface area contributed by atoms with Crippen LogP contribution in [0.5, 0.6) is 5.75 Å². The van der Waals surface area contributed by atoms with E-state index in [9.17, 15) is 14.7 Å².